The van der Waals surface area contributed by atoms with Crippen molar-refractivity contribution in [3.63, 3.8) is 0 Å². The molecule has 140 valence electrons. The van der Waals surface area contributed by atoms with Crippen molar-refractivity contribution in [1.29, 1.82) is 0 Å². The molecule has 0 spiro atoms. The molecule has 3 rings (SSSR count). The van der Waals surface area contributed by atoms with E-state index in [1.807, 2.05) is 36.4 Å². The third-order valence-electron chi connectivity index (χ3n) is 4.11. The first-order chi connectivity index (χ1) is 12.8. The number of amides is 1. The van der Waals surface area contributed by atoms with Crippen LogP contribution in [-0.2, 0) is 32.2 Å². The Morgan fingerprint density at radius 2 is 2.15 bits per heavy atom. The number of benzene rings is 1. The molecule has 26 heavy (non-hydrogen) atoms. The van der Waals surface area contributed by atoms with Crippen LogP contribution in [0.2, 0.25) is 0 Å². The van der Waals surface area contributed by atoms with E-state index in [1.165, 1.54) is 0 Å². The maximum atomic E-state index is 12.0. The fourth-order valence-corrected chi connectivity index (χ4v) is 2.78. The number of carbonyl (C=O) groups is 1. The molecular formula is C20H25NO5. The van der Waals surface area contributed by atoms with Crippen molar-refractivity contribution in [3.05, 3.63) is 54.0 Å². The summed E-state index contributed by atoms with van der Waals surface area (Å²) in [5, 5.41) is 2.89. The number of hydrogen-bond acceptors (Lipinski definition) is 5. The Bertz CT molecular complexity index is 665. The zero-order valence-electron chi connectivity index (χ0n) is 14.8. The van der Waals surface area contributed by atoms with E-state index in [-0.39, 0.29) is 12.0 Å². The van der Waals surface area contributed by atoms with Crippen LogP contribution in [-0.4, -0.2) is 31.8 Å². The zero-order chi connectivity index (χ0) is 18.0. The number of rotatable bonds is 10. The summed E-state index contributed by atoms with van der Waals surface area (Å²) in [6.45, 7) is 2.66. The van der Waals surface area contributed by atoms with E-state index in [0.29, 0.717) is 32.8 Å². The van der Waals surface area contributed by atoms with Crippen LogP contribution in [0, 0.1) is 0 Å². The lowest BCUT2D eigenvalue weighted by Crippen LogP contribution is -2.18. The SMILES string of the molecule is O=C(CCOCC1CCCO1)Nc1cccc(COCc2ccco2)c1. The quantitative estimate of drug-likeness (QED) is 0.657. The summed E-state index contributed by atoms with van der Waals surface area (Å²) in [6.07, 6.45) is 4.28. The van der Waals surface area contributed by atoms with Crippen LogP contribution < -0.4 is 5.32 Å². The average molecular weight is 359 g/mol. The van der Waals surface area contributed by atoms with Gasteiger partial charge in [-0.1, -0.05) is 12.1 Å². The molecule has 0 bridgehead atoms. The van der Waals surface area contributed by atoms with Crippen molar-refractivity contribution in [1.82, 2.24) is 0 Å². The lowest BCUT2D eigenvalue weighted by Gasteiger charge is -2.10. The van der Waals surface area contributed by atoms with Crippen LogP contribution in [0.25, 0.3) is 0 Å². The van der Waals surface area contributed by atoms with Crippen molar-refractivity contribution in [3.8, 4) is 0 Å². The number of ether oxygens (including phenoxy) is 3. The largest absolute Gasteiger partial charge is 0.467 e. The lowest BCUT2D eigenvalue weighted by molar-refractivity contribution is -0.117. The molecule has 2 heterocycles. The van der Waals surface area contributed by atoms with Gasteiger partial charge in [0.05, 0.1) is 38.6 Å². The first-order valence-electron chi connectivity index (χ1n) is 8.98. The second kappa shape index (κ2) is 10.1. The summed E-state index contributed by atoms with van der Waals surface area (Å²) in [5.41, 5.74) is 1.75. The van der Waals surface area contributed by atoms with Crippen molar-refractivity contribution in [2.45, 2.75) is 38.6 Å². The molecule has 0 saturated carbocycles. The maximum absolute atomic E-state index is 12.0. The Balaban J connectivity index is 1.34. The molecule has 1 fully saturated rings. The molecule has 2 aromatic rings. The highest BCUT2D eigenvalue weighted by Gasteiger charge is 2.15. The van der Waals surface area contributed by atoms with Gasteiger partial charge in [-0.05, 0) is 42.7 Å². The second-order valence-electron chi connectivity index (χ2n) is 6.28. The molecular weight excluding hydrogens is 334 g/mol. The number of furan rings is 1. The molecule has 1 N–H and O–H groups in total. The standard InChI is InChI=1S/C20H25NO5/c22-20(8-11-23-14-18-6-2-9-25-18)21-17-5-1-4-16(12-17)13-24-15-19-7-3-10-26-19/h1,3-5,7,10,12,18H,2,6,8-9,11,13-15H2,(H,21,22). The molecule has 1 atom stereocenters. The third-order valence-corrected chi connectivity index (χ3v) is 4.11. The highest BCUT2D eigenvalue weighted by molar-refractivity contribution is 5.90. The molecule has 1 amide bonds. The van der Waals surface area contributed by atoms with Gasteiger partial charge >= 0.3 is 0 Å². The molecule has 0 aliphatic carbocycles. The molecule has 1 aromatic carbocycles. The molecule has 6 heteroatoms. The fraction of sp³-hybridized carbons (Fsp3) is 0.450. The molecule has 0 radical (unpaired) electrons. The van der Waals surface area contributed by atoms with E-state index in [4.69, 9.17) is 18.6 Å². The minimum Gasteiger partial charge on any atom is -0.467 e. The Labute approximate surface area is 153 Å². The van der Waals surface area contributed by atoms with Crippen molar-refractivity contribution >= 4 is 11.6 Å². The van der Waals surface area contributed by atoms with Crippen LogP contribution in [0.3, 0.4) is 0 Å². The van der Waals surface area contributed by atoms with Crippen molar-refractivity contribution in [2.75, 3.05) is 25.1 Å². The predicted molar refractivity (Wildman–Crippen MR) is 96.7 cm³/mol. The van der Waals surface area contributed by atoms with E-state index < -0.39 is 0 Å². The molecule has 1 aliphatic heterocycles. The lowest BCUT2D eigenvalue weighted by atomic mass is 10.2. The van der Waals surface area contributed by atoms with Gasteiger partial charge < -0.3 is 23.9 Å². The summed E-state index contributed by atoms with van der Waals surface area (Å²) in [5.74, 6) is 0.725. The minimum absolute atomic E-state index is 0.0639. The van der Waals surface area contributed by atoms with Crippen molar-refractivity contribution in [2.24, 2.45) is 0 Å². The smallest absolute Gasteiger partial charge is 0.226 e. The van der Waals surface area contributed by atoms with Gasteiger partial charge in [-0.15, -0.1) is 0 Å². The van der Waals surface area contributed by atoms with Gasteiger partial charge in [0.25, 0.3) is 0 Å². The van der Waals surface area contributed by atoms with E-state index >= 15 is 0 Å². The second-order valence-corrected chi connectivity index (χ2v) is 6.28. The first kappa shape index (κ1) is 18.6. The summed E-state index contributed by atoms with van der Waals surface area (Å²) in [6, 6.07) is 11.3. The Kier molecular flexibility index (Phi) is 7.25. The van der Waals surface area contributed by atoms with Gasteiger partial charge in [0.1, 0.15) is 12.4 Å². The topological polar surface area (TPSA) is 69.9 Å². The van der Waals surface area contributed by atoms with Crippen LogP contribution in [0.5, 0.6) is 0 Å². The Morgan fingerprint density at radius 3 is 2.96 bits per heavy atom. The van der Waals surface area contributed by atoms with E-state index in [1.54, 1.807) is 6.26 Å². The highest BCUT2D eigenvalue weighted by atomic mass is 16.5. The van der Waals surface area contributed by atoms with Gasteiger partial charge in [0.15, 0.2) is 0 Å². The van der Waals surface area contributed by atoms with Crippen LogP contribution >= 0.6 is 0 Å². The molecule has 1 aliphatic rings. The first-order valence-corrected chi connectivity index (χ1v) is 8.98. The minimum atomic E-state index is -0.0639. The highest BCUT2D eigenvalue weighted by Crippen LogP contribution is 2.14. The van der Waals surface area contributed by atoms with Gasteiger partial charge in [0, 0.05) is 12.3 Å². The monoisotopic (exact) mass is 359 g/mol. The molecule has 1 saturated heterocycles. The van der Waals surface area contributed by atoms with E-state index in [9.17, 15) is 4.79 Å². The summed E-state index contributed by atoms with van der Waals surface area (Å²) < 4.78 is 21.8. The number of carbonyl (C=O) groups excluding carboxylic acids is 1. The number of anilines is 1. The van der Waals surface area contributed by atoms with Gasteiger partial charge in [-0.2, -0.15) is 0 Å². The predicted octanol–water partition coefficient (Wildman–Crippen LogP) is 3.52. The summed E-state index contributed by atoms with van der Waals surface area (Å²) in [4.78, 5) is 12.0. The van der Waals surface area contributed by atoms with E-state index in [2.05, 4.69) is 5.32 Å². The molecule has 1 aromatic heterocycles. The van der Waals surface area contributed by atoms with E-state index in [0.717, 1.165) is 36.5 Å². The average Bonchev–Trinajstić information content (AvgIpc) is 3.33. The van der Waals surface area contributed by atoms with Crippen LogP contribution in [0.4, 0.5) is 5.69 Å². The van der Waals surface area contributed by atoms with Gasteiger partial charge in [-0.25, -0.2) is 0 Å². The maximum Gasteiger partial charge on any atom is 0.226 e. The number of nitrogens with one attached hydrogen (secondary N) is 1. The van der Waals surface area contributed by atoms with Gasteiger partial charge in [0.2, 0.25) is 5.91 Å². The molecule has 6 nitrogen and oxygen atoms in total. The van der Waals surface area contributed by atoms with Crippen LogP contribution in [0.1, 0.15) is 30.6 Å². The third kappa shape index (κ3) is 6.29. The van der Waals surface area contributed by atoms with Crippen molar-refractivity contribution < 1.29 is 23.4 Å². The molecule has 1 unspecified atom stereocenters. The van der Waals surface area contributed by atoms with Gasteiger partial charge in [-0.3, -0.25) is 4.79 Å². The summed E-state index contributed by atoms with van der Waals surface area (Å²) >= 11 is 0. The summed E-state index contributed by atoms with van der Waals surface area (Å²) in [7, 11) is 0. The van der Waals surface area contributed by atoms with Crippen LogP contribution in [0.15, 0.2) is 47.1 Å². The normalized spacial score (nSPS) is 16.7. The fourth-order valence-electron chi connectivity index (χ4n) is 2.78. The zero-order valence-corrected chi connectivity index (χ0v) is 14.8. The Hall–Kier alpha value is -2.15. The Morgan fingerprint density at radius 1 is 1.19 bits per heavy atom. The number of hydrogen-bond donors (Lipinski definition) is 1.